The van der Waals surface area contributed by atoms with Gasteiger partial charge in [0.25, 0.3) is 0 Å². The van der Waals surface area contributed by atoms with Crippen molar-refractivity contribution in [2.75, 3.05) is 0 Å². The number of rotatable bonds is 5. The second-order valence-electron chi connectivity index (χ2n) is 10.9. The van der Waals surface area contributed by atoms with E-state index in [2.05, 4.69) is 0 Å². The third kappa shape index (κ3) is 7.49. The lowest BCUT2D eigenvalue weighted by molar-refractivity contribution is 0.0193. The van der Waals surface area contributed by atoms with Gasteiger partial charge in [0.05, 0.1) is 0 Å². The van der Waals surface area contributed by atoms with Crippen molar-refractivity contribution in [1.82, 2.24) is 0 Å². The van der Waals surface area contributed by atoms with Gasteiger partial charge < -0.3 is 24.1 Å². The van der Waals surface area contributed by atoms with Crippen LogP contribution in [0.4, 0.5) is 9.59 Å². The van der Waals surface area contributed by atoms with Crippen molar-refractivity contribution in [2.24, 2.45) is 0 Å². The van der Waals surface area contributed by atoms with Gasteiger partial charge in [0.1, 0.15) is 28.5 Å². The summed E-state index contributed by atoms with van der Waals surface area (Å²) in [6.45, 7) is 12.7. The van der Waals surface area contributed by atoms with Crippen LogP contribution in [0.2, 0.25) is 0 Å². The minimum absolute atomic E-state index is 0.160. The molecule has 0 atom stereocenters. The van der Waals surface area contributed by atoms with Crippen LogP contribution in [-0.4, -0.2) is 28.6 Å². The molecule has 0 aliphatic heterocycles. The fourth-order valence-corrected chi connectivity index (χ4v) is 3.74. The lowest BCUT2D eigenvalue weighted by Gasteiger charge is -2.32. The molecule has 0 aromatic heterocycles. The van der Waals surface area contributed by atoms with Gasteiger partial charge in [0.15, 0.2) is 0 Å². The van der Waals surface area contributed by atoms with Crippen LogP contribution in [0, 0.1) is 0 Å². The normalized spacial score (nSPS) is 12.0. The Morgan fingerprint density at radius 3 is 1.14 bits per heavy atom. The Morgan fingerprint density at radius 2 is 0.838 bits per heavy atom. The lowest BCUT2D eigenvalue weighted by Crippen LogP contribution is -2.27. The highest BCUT2D eigenvalue weighted by atomic mass is 16.7. The van der Waals surface area contributed by atoms with Crippen LogP contribution < -0.4 is 9.47 Å². The molecule has 0 fully saturated rings. The van der Waals surface area contributed by atoms with Crippen molar-refractivity contribution >= 4 is 12.3 Å². The van der Waals surface area contributed by atoms with Gasteiger partial charge >= 0.3 is 12.3 Å². The molecular formula is C30H34O7. The van der Waals surface area contributed by atoms with Crippen molar-refractivity contribution in [3.8, 4) is 17.2 Å². The maximum Gasteiger partial charge on any atom is 0.514 e. The molecule has 0 aliphatic carbocycles. The molecule has 0 amide bonds. The lowest BCUT2D eigenvalue weighted by atomic mass is 9.71. The zero-order valence-electron chi connectivity index (χ0n) is 22.3. The summed E-state index contributed by atoms with van der Waals surface area (Å²) in [5.74, 6) is 0.868. The second-order valence-corrected chi connectivity index (χ2v) is 10.9. The molecule has 0 aliphatic rings. The summed E-state index contributed by atoms with van der Waals surface area (Å²) < 4.78 is 21.1. The molecule has 0 radical (unpaired) electrons. The zero-order valence-corrected chi connectivity index (χ0v) is 22.3. The van der Waals surface area contributed by atoms with E-state index in [9.17, 15) is 14.7 Å². The van der Waals surface area contributed by atoms with Crippen LogP contribution in [0.25, 0.3) is 0 Å². The number of phenols is 1. The third-order valence-electron chi connectivity index (χ3n) is 5.49. The molecule has 7 nitrogen and oxygen atoms in total. The van der Waals surface area contributed by atoms with Gasteiger partial charge in [0.2, 0.25) is 0 Å². The highest BCUT2D eigenvalue weighted by Crippen LogP contribution is 2.40. The van der Waals surface area contributed by atoms with Gasteiger partial charge in [0, 0.05) is 5.41 Å². The average molecular weight is 507 g/mol. The highest BCUT2D eigenvalue weighted by molar-refractivity contribution is 5.65. The van der Waals surface area contributed by atoms with E-state index in [1.807, 2.05) is 43.3 Å². The summed E-state index contributed by atoms with van der Waals surface area (Å²) in [6.07, 6.45) is -1.55. The summed E-state index contributed by atoms with van der Waals surface area (Å²) in [5, 5.41) is 9.84. The summed E-state index contributed by atoms with van der Waals surface area (Å²) in [5.41, 5.74) is 0.780. The molecule has 0 heterocycles. The van der Waals surface area contributed by atoms with Crippen LogP contribution in [0.5, 0.6) is 17.2 Å². The molecule has 0 saturated carbocycles. The minimum Gasteiger partial charge on any atom is -0.508 e. The summed E-state index contributed by atoms with van der Waals surface area (Å²) in [4.78, 5) is 24.1. The summed E-state index contributed by atoms with van der Waals surface area (Å²) in [6, 6.07) is 21.3. The molecule has 0 spiro atoms. The summed E-state index contributed by atoms with van der Waals surface area (Å²) >= 11 is 0. The zero-order chi connectivity index (χ0) is 27.4. The van der Waals surface area contributed by atoms with Crippen molar-refractivity contribution in [1.29, 1.82) is 0 Å². The number of hydrogen-bond donors (Lipinski definition) is 1. The van der Waals surface area contributed by atoms with Gasteiger partial charge in [-0.1, -0.05) is 36.4 Å². The van der Waals surface area contributed by atoms with Crippen LogP contribution >= 0.6 is 0 Å². The number of ether oxygens (including phenoxy) is 4. The molecule has 37 heavy (non-hydrogen) atoms. The first-order chi connectivity index (χ1) is 17.2. The van der Waals surface area contributed by atoms with E-state index < -0.39 is 28.9 Å². The van der Waals surface area contributed by atoms with E-state index in [0.717, 1.165) is 16.7 Å². The number of hydrogen-bond acceptors (Lipinski definition) is 7. The van der Waals surface area contributed by atoms with Crippen LogP contribution in [0.15, 0.2) is 72.8 Å². The number of benzene rings is 3. The Balaban J connectivity index is 1.92. The van der Waals surface area contributed by atoms with Gasteiger partial charge in [-0.05, 0) is 102 Å². The third-order valence-corrected chi connectivity index (χ3v) is 5.49. The molecule has 3 aromatic rings. The van der Waals surface area contributed by atoms with Crippen LogP contribution in [-0.2, 0) is 14.9 Å². The van der Waals surface area contributed by atoms with Gasteiger partial charge in [-0.2, -0.15) is 0 Å². The minimum atomic E-state index is -0.776. The predicted octanol–water partition coefficient (Wildman–Crippen LogP) is 7.37. The van der Waals surface area contributed by atoms with E-state index in [4.69, 9.17) is 18.9 Å². The Hall–Kier alpha value is -4.00. The van der Waals surface area contributed by atoms with Crippen LogP contribution in [0.1, 0.15) is 65.2 Å². The maximum atomic E-state index is 12.1. The molecular weight excluding hydrogens is 472 g/mol. The fraction of sp³-hybridized carbons (Fsp3) is 0.333. The number of carbonyl (C=O) groups is 2. The molecule has 3 aromatic carbocycles. The number of phenolic OH excluding ortho intramolecular Hbond substituents is 1. The van der Waals surface area contributed by atoms with E-state index in [1.165, 1.54) is 0 Å². The Bertz CT molecular complexity index is 1140. The average Bonchev–Trinajstić information content (AvgIpc) is 2.77. The van der Waals surface area contributed by atoms with Crippen LogP contribution in [0.3, 0.4) is 0 Å². The largest absolute Gasteiger partial charge is 0.514 e. The van der Waals surface area contributed by atoms with E-state index in [-0.39, 0.29) is 5.75 Å². The molecule has 0 unspecified atom stereocenters. The molecule has 3 rings (SSSR count). The standard InChI is InChI=1S/C30H34O7/c1-28(2,3)36-26(32)34-24-16-10-21(11-17-24)30(7,20-8-14-23(31)15-9-20)22-12-18-25(19-13-22)35-27(33)37-29(4,5)6/h8-19,31H,1-7H3. The SMILES string of the molecule is CC(C)(C)OC(=O)Oc1ccc(C(C)(c2ccc(O)cc2)c2ccc(OC(=O)OC(C)(C)C)cc2)cc1. The predicted molar refractivity (Wildman–Crippen MR) is 140 cm³/mol. The molecule has 0 bridgehead atoms. The Morgan fingerprint density at radius 1 is 0.541 bits per heavy atom. The van der Waals surface area contributed by atoms with E-state index in [0.29, 0.717) is 11.5 Å². The summed E-state index contributed by atoms with van der Waals surface area (Å²) in [7, 11) is 0. The fourth-order valence-electron chi connectivity index (χ4n) is 3.74. The van der Waals surface area contributed by atoms with E-state index in [1.54, 1.807) is 77.9 Å². The van der Waals surface area contributed by atoms with Gasteiger partial charge in [-0.3, -0.25) is 0 Å². The van der Waals surface area contributed by atoms with Gasteiger partial charge in [-0.25, -0.2) is 9.59 Å². The van der Waals surface area contributed by atoms with Crippen molar-refractivity contribution < 1.29 is 33.6 Å². The monoisotopic (exact) mass is 506 g/mol. The smallest absolute Gasteiger partial charge is 0.508 e. The van der Waals surface area contributed by atoms with E-state index >= 15 is 0 Å². The second kappa shape index (κ2) is 10.5. The van der Waals surface area contributed by atoms with Crippen molar-refractivity contribution in [3.63, 3.8) is 0 Å². The van der Waals surface area contributed by atoms with Crippen molar-refractivity contribution in [2.45, 2.75) is 65.1 Å². The topological polar surface area (TPSA) is 91.3 Å². The first kappa shape index (κ1) is 27.6. The quantitative estimate of drug-likeness (QED) is 0.219. The first-order valence-corrected chi connectivity index (χ1v) is 12.0. The molecule has 196 valence electrons. The van der Waals surface area contributed by atoms with Gasteiger partial charge in [-0.15, -0.1) is 0 Å². The maximum absolute atomic E-state index is 12.1. The van der Waals surface area contributed by atoms with Crippen molar-refractivity contribution in [3.05, 3.63) is 89.5 Å². The number of carbonyl (C=O) groups excluding carboxylic acids is 2. The Labute approximate surface area is 217 Å². The number of aromatic hydroxyl groups is 1. The molecule has 1 N–H and O–H groups in total. The molecule has 0 saturated heterocycles. The first-order valence-electron chi connectivity index (χ1n) is 12.0. The highest BCUT2D eigenvalue weighted by Gasteiger charge is 2.32. The Kier molecular flexibility index (Phi) is 7.86. The molecule has 7 heteroatoms.